The van der Waals surface area contributed by atoms with Crippen LogP contribution in [0.25, 0.3) is 16.9 Å². The van der Waals surface area contributed by atoms with Crippen molar-refractivity contribution in [2.45, 2.75) is 0 Å². The smallest absolute Gasteiger partial charge is 0.136 e. The molecule has 0 bridgehead atoms. The van der Waals surface area contributed by atoms with E-state index in [0.29, 0.717) is 0 Å². The summed E-state index contributed by atoms with van der Waals surface area (Å²) < 4.78 is 1.98. The molecule has 68 valence electrons. The Hall–Kier alpha value is -2.10. The normalized spacial score (nSPS) is 10.9. The number of aromatic amines is 1. The molecule has 4 heteroatoms. The minimum absolute atomic E-state index is 0.952. The van der Waals surface area contributed by atoms with Crippen LogP contribution in [0.4, 0.5) is 0 Å². The quantitative estimate of drug-likeness (QED) is 0.626. The molecule has 0 fully saturated rings. The second kappa shape index (κ2) is 2.70. The first-order chi connectivity index (χ1) is 6.93. The van der Waals surface area contributed by atoms with Gasteiger partial charge in [0.05, 0.1) is 5.69 Å². The monoisotopic (exact) mass is 184 g/mol. The van der Waals surface area contributed by atoms with E-state index in [-0.39, 0.29) is 0 Å². The Kier molecular flexibility index (Phi) is 1.41. The van der Waals surface area contributed by atoms with Gasteiger partial charge in [-0.2, -0.15) is 5.10 Å². The van der Waals surface area contributed by atoms with Gasteiger partial charge in [0.15, 0.2) is 0 Å². The van der Waals surface area contributed by atoms with Crippen LogP contribution in [0.2, 0.25) is 0 Å². The van der Waals surface area contributed by atoms with Crippen LogP contribution in [-0.4, -0.2) is 19.6 Å². The highest BCUT2D eigenvalue weighted by molar-refractivity contribution is 5.60. The number of nitrogens with one attached hydrogen (secondary N) is 1. The molecule has 14 heavy (non-hydrogen) atoms. The van der Waals surface area contributed by atoms with Crippen molar-refractivity contribution in [2.24, 2.45) is 0 Å². The van der Waals surface area contributed by atoms with Crippen LogP contribution in [0.5, 0.6) is 0 Å². The van der Waals surface area contributed by atoms with Crippen molar-refractivity contribution in [1.29, 1.82) is 0 Å². The molecular weight excluding hydrogens is 176 g/mol. The number of nitrogens with zero attached hydrogens (tertiary/aromatic N) is 3. The Morgan fingerprint density at radius 1 is 1.14 bits per heavy atom. The highest BCUT2D eigenvalue weighted by Crippen LogP contribution is 2.16. The maximum atomic E-state index is 4.18. The number of hydrogen-bond acceptors (Lipinski definition) is 2. The number of imidazole rings is 1. The molecule has 0 aliphatic carbocycles. The van der Waals surface area contributed by atoms with Crippen LogP contribution in [-0.2, 0) is 0 Å². The lowest BCUT2D eigenvalue weighted by atomic mass is 10.2. The third-order valence-electron chi connectivity index (χ3n) is 2.20. The van der Waals surface area contributed by atoms with Crippen molar-refractivity contribution in [3.05, 3.63) is 43.0 Å². The summed E-state index contributed by atoms with van der Waals surface area (Å²) in [6.45, 7) is 0. The van der Waals surface area contributed by atoms with Crippen molar-refractivity contribution in [3.8, 4) is 11.3 Å². The Labute approximate surface area is 80.2 Å². The van der Waals surface area contributed by atoms with Crippen LogP contribution < -0.4 is 0 Å². The molecule has 3 heterocycles. The van der Waals surface area contributed by atoms with Gasteiger partial charge in [0, 0.05) is 30.4 Å². The zero-order valence-electron chi connectivity index (χ0n) is 7.38. The predicted molar refractivity (Wildman–Crippen MR) is 52.8 cm³/mol. The topological polar surface area (TPSA) is 46.0 Å². The second-order valence-electron chi connectivity index (χ2n) is 3.08. The van der Waals surface area contributed by atoms with Crippen LogP contribution >= 0.6 is 0 Å². The highest BCUT2D eigenvalue weighted by Gasteiger charge is 1.99. The lowest BCUT2D eigenvalue weighted by molar-refractivity contribution is 1.09. The Morgan fingerprint density at radius 3 is 3.00 bits per heavy atom. The summed E-state index contributed by atoms with van der Waals surface area (Å²) in [6, 6.07) is 5.95. The predicted octanol–water partition coefficient (Wildman–Crippen LogP) is 1.72. The van der Waals surface area contributed by atoms with Gasteiger partial charge in [0.25, 0.3) is 0 Å². The third kappa shape index (κ3) is 1.01. The van der Waals surface area contributed by atoms with Gasteiger partial charge in [-0.1, -0.05) is 0 Å². The highest BCUT2D eigenvalue weighted by atomic mass is 15.1. The van der Waals surface area contributed by atoms with Crippen LogP contribution in [0.1, 0.15) is 0 Å². The van der Waals surface area contributed by atoms with Crippen LogP contribution in [0, 0.1) is 0 Å². The van der Waals surface area contributed by atoms with Gasteiger partial charge in [0.1, 0.15) is 5.65 Å². The standard InChI is InChI=1S/C10H8N4/c1-2-10-11-5-6-14(10)7-8(1)9-3-4-12-13-9/h1-7H,(H,12,13). The zero-order valence-corrected chi connectivity index (χ0v) is 7.38. The Balaban J connectivity index is 2.23. The van der Waals surface area contributed by atoms with E-state index in [0.717, 1.165) is 16.9 Å². The second-order valence-corrected chi connectivity index (χ2v) is 3.08. The van der Waals surface area contributed by atoms with Crippen LogP contribution in [0.15, 0.2) is 43.0 Å². The Bertz CT molecular complexity index is 550. The third-order valence-corrected chi connectivity index (χ3v) is 2.20. The molecule has 3 aromatic rings. The van der Waals surface area contributed by atoms with Crippen molar-refractivity contribution < 1.29 is 0 Å². The molecule has 0 aliphatic rings. The largest absolute Gasteiger partial charge is 0.306 e. The number of hydrogen-bond donors (Lipinski definition) is 1. The summed E-state index contributed by atoms with van der Waals surface area (Å²) in [6.07, 6.45) is 7.48. The molecule has 0 amide bonds. The first-order valence-corrected chi connectivity index (χ1v) is 4.36. The molecule has 3 rings (SSSR count). The van der Waals surface area contributed by atoms with Crippen molar-refractivity contribution in [2.75, 3.05) is 0 Å². The SMILES string of the molecule is c1cc(-c2ccc3nccn3c2)[nH]n1. The molecule has 0 aromatic carbocycles. The van der Waals surface area contributed by atoms with E-state index in [4.69, 9.17) is 0 Å². The summed E-state index contributed by atoms with van der Waals surface area (Å²) in [5, 5.41) is 6.84. The summed E-state index contributed by atoms with van der Waals surface area (Å²) >= 11 is 0. The van der Waals surface area contributed by atoms with Gasteiger partial charge in [-0.3, -0.25) is 5.10 Å². The van der Waals surface area contributed by atoms with Gasteiger partial charge in [0.2, 0.25) is 0 Å². The molecule has 0 atom stereocenters. The lowest BCUT2D eigenvalue weighted by Crippen LogP contribution is -1.85. The van der Waals surface area contributed by atoms with E-state index in [1.807, 2.05) is 35.0 Å². The number of fused-ring (bicyclic) bond motifs is 1. The fourth-order valence-electron chi connectivity index (χ4n) is 1.50. The van der Waals surface area contributed by atoms with E-state index >= 15 is 0 Å². The first kappa shape index (κ1) is 7.32. The van der Waals surface area contributed by atoms with Crippen LogP contribution in [0.3, 0.4) is 0 Å². The summed E-state index contributed by atoms with van der Waals surface area (Å²) in [4.78, 5) is 4.18. The number of pyridine rings is 1. The van der Waals surface area contributed by atoms with E-state index < -0.39 is 0 Å². The molecule has 3 aromatic heterocycles. The zero-order chi connectivity index (χ0) is 9.38. The van der Waals surface area contributed by atoms with E-state index in [2.05, 4.69) is 15.2 Å². The molecular formula is C10H8N4. The van der Waals surface area contributed by atoms with E-state index in [1.165, 1.54) is 0 Å². The average Bonchev–Trinajstić information content (AvgIpc) is 2.88. The summed E-state index contributed by atoms with van der Waals surface area (Å²) in [5.41, 5.74) is 3.07. The first-order valence-electron chi connectivity index (χ1n) is 4.36. The molecule has 0 aliphatic heterocycles. The lowest BCUT2D eigenvalue weighted by Gasteiger charge is -1.98. The van der Waals surface area contributed by atoms with Crippen molar-refractivity contribution in [3.63, 3.8) is 0 Å². The minimum atomic E-state index is 0.952. The summed E-state index contributed by atoms with van der Waals surface area (Å²) in [5.74, 6) is 0. The molecule has 4 nitrogen and oxygen atoms in total. The van der Waals surface area contributed by atoms with E-state index in [9.17, 15) is 0 Å². The van der Waals surface area contributed by atoms with Gasteiger partial charge in [-0.05, 0) is 18.2 Å². The molecule has 0 saturated carbocycles. The van der Waals surface area contributed by atoms with Gasteiger partial charge < -0.3 is 4.40 Å². The maximum Gasteiger partial charge on any atom is 0.136 e. The van der Waals surface area contributed by atoms with Gasteiger partial charge >= 0.3 is 0 Å². The maximum absolute atomic E-state index is 4.18. The van der Waals surface area contributed by atoms with E-state index in [1.54, 1.807) is 12.4 Å². The fourth-order valence-corrected chi connectivity index (χ4v) is 1.50. The number of H-pyrrole nitrogens is 1. The van der Waals surface area contributed by atoms with Crippen molar-refractivity contribution >= 4 is 5.65 Å². The molecule has 0 radical (unpaired) electrons. The number of aromatic nitrogens is 4. The van der Waals surface area contributed by atoms with Crippen molar-refractivity contribution in [1.82, 2.24) is 19.6 Å². The average molecular weight is 184 g/mol. The minimum Gasteiger partial charge on any atom is -0.306 e. The van der Waals surface area contributed by atoms with Gasteiger partial charge in [-0.15, -0.1) is 0 Å². The molecule has 0 saturated heterocycles. The Morgan fingerprint density at radius 2 is 2.14 bits per heavy atom. The van der Waals surface area contributed by atoms with Gasteiger partial charge in [-0.25, -0.2) is 4.98 Å². The number of rotatable bonds is 1. The molecule has 0 unspecified atom stereocenters. The molecule has 1 N–H and O–H groups in total. The fraction of sp³-hybridized carbons (Fsp3) is 0. The molecule has 0 spiro atoms. The summed E-state index contributed by atoms with van der Waals surface area (Å²) in [7, 11) is 0.